The first-order valence-electron chi connectivity index (χ1n) is 5.73. The SMILES string of the molecule is CCCCn1cc(CCCO)c(C(F)(F)F)n1. The number of hydrogen-bond acceptors (Lipinski definition) is 2. The van der Waals surface area contributed by atoms with Crippen LogP contribution in [0.15, 0.2) is 6.20 Å². The molecule has 1 aromatic rings. The summed E-state index contributed by atoms with van der Waals surface area (Å²) >= 11 is 0. The fourth-order valence-electron chi connectivity index (χ4n) is 1.59. The standard InChI is InChI=1S/C11H17F3N2O/c1-2-3-6-16-8-9(5-4-7-17)10(15-16)11(12,13)14/h8,17H,2-7H2,1H3. The van der Waals surface area contributed by atoms with E-state index in [1.54, 1.807) is 0 Å². The fourth-order valence-corrected chi connectivity index (χ4v) is 1.59. The highest BCUT2D eigenvalue weighted by Gasteiger charge is 2.36. The highest BCUT2D eigenvalue weighted by molar-refractivity contribution is 5.20. The number of rotatable bonds is 6. The lowest BCUT2D eigenvalue weighted by molar-refractivity contribution is -0.142. The Balaban J connectivity index is 2.87. The van der Waals surface area contributed by atoms with Crippen molar-refractivity contribution in [3.8, 4) is 0 Å². The summed E-state index contributed by atoms with van der Waals surface area (Å²) in [5, 5.41) is 12.2. The molecule has 0 aliphatic carbocycles. The summed E-state index contributed by atoms with van der Waals surface area (Å²) in [5.74, 6) is 0. The average molecular weight is 250 g/mol. The van der Waals surface area contributed by atoms with Gasteiger partial charge in [0, 0.05) is 24.9 Å². The first-order valence-corrected chi connectivity index (χ1v) is 5.73. The second-order valence-electron chi connectivity index (χ2n) is 3.94. The van der Waals surface area contributed by atoms with Gasteiger partial charge >= 0.3 is 6.18 Å². The van der Waals surface area contributed by atoms with E-state index in [2.05, 4.69) is 5.10 Å². The van der Waals surface area contributed by atoms with Crippen molar-refractivity contribution in [1.82, 2.24) is 9.78 Å². The molecule has 0 bridgehead atoms. The summed E-state index contributed by atoms with van der Waals surface area (Å²) in [6.07, 6.45) is -0.734. The Bertz CT molecular complexity index is 347. The zero-order valence-electron chi connectivity index (χ0n) is 9.80. The molecular formula is C11H17F3N2O. The number of hydrogen-bond donors (Lipinski definition) is 1. The molecule has 1 aromatic heterocycles. The maximum absolute atomic E-state index is 12.7. The Hall–Kier alpha value is -1.04. The molecule has 0 aliphatic rings. The third kappa shape index (κ3) is 4.03. The molecule has 0 spiro atoms. The molecular weight excluding hydrogens is 233 g/mol. The number of aliphatic hydroxyl groups is 1. The first-order chi connectivity index (χ1) is 7.99. The summed E-state index contributed by atoms with van der Waals surface area (Å²) in [4.78, 5) is 0. The predicted octanol–water partition coefficient (Wildman–Crippen LogP) is 2.63. The Morgan fingerprint density at radius 3 is 2.59 bits per heavy atom. The van der Waals surface area contributed by atoms with Crippen molar-refractivity contribution in [2.24, 2.45) is 0 Å². The molecule has 0 radical (unpaired) electrons. The van der Waals surface area contributed by atoms with Gasteiger partial charge in [-0.1, -0.05) is 13.3 Å². The van der Waals surface area contributed by atoms with Crippen LogP contribution in [0.2, 0.25) is 0 Å². The molecule has 0 unspecified atom stereocenters. The molecule has 0 amide bonds. The van der Waals surface area contributed by atoms with Crippen LogP contribution in [0.25, 0.3) is 0 Å². The largest absolute Gasteiger partial charge is 0.435 e. The van der Waals surface area contributed by atoms with Crippen LogP contribution in [0.3, 0.4) is 0 Å². The van der Waals surface area contributed by atoms with Crippen LogP contribution in [-0.4, -0.2) is 21.5 Å². The minimum absolute atomic E-state index is 0.114. The first kappa shape index (κ1) is 14.0. The quantitative estimate of drug-likeness (QED) is 0.842. The van der Waals surface area contributed by atoms with E-state index in [0.717, 1.165) is 12.8 Å². The van der Waals surface area contributed by atoms with Gasteiger partial charge in [0.15, 0.2) is 5.69 Å². The highest BCUT2D eigenvalue weighted by atomic mass is 19.4. The number of unbranched alkanes of at least 4 members (excludes halogenated alkanes) is 1. The van der Waals surface area contributed by atoms with E-state index in [0.29, 0.717) is 13.0 Å². The second kappa shape index (κ2) is 6.05. The van der Waals surface area contributed by atoms with Gasteiger partial charge in [0.2, 0.25) is 0 Å². The lowest BCUT2D eigenvalue weighted by Gasteiger charge is -2.04. The molecule has 0 fully saturated rings. The minimum Gasteiger partial charge on any atom is -0.396 e. The lowest BCUT2D eigenvalue weighted by atomic mass is 10.1. The van der Waals surface area contributed by atoms with Gasteiger partial charge in [-0.05, 0) is 19.3 Å². The lowest BCUT2D eigenvalue weighted by Crippen LogP contribution is -2.10. The van der Waals surface area contributed by atoms with E-state index in [-0.39, 0.29) is 18.6 Å². The van der Waals surface area contributed by atoms with Crippen LogP contribution >= 0.6 is 0 Å². The smallest absolute Gasteiger partial charge is 0.396 e. The Morgan fingerprint density at radius 1 is 1.35 bits per heavy atom. The minimum atomic E-state index is -4.41. The molecule has 0 aliphatic heterocycles. The van der Waals surface area contributed by atoms with E-state index >= 15 is 0 Å². The number of alkyl halides is 3. The maximum Gasteiger partial charge on any atom is 0.435 e. The number of aliphatic hydroxyl groups excluding tert-OH is 1. The third-order valence-electron chi connectivity index (χ3n) is 2.45. The van der Waals surface area contributed by atoms with E-state index < -0.39 is 11.9 Å². The van der Waals surface area contributed by atoms with Crippen LogP contribution in [0.4, 0.5) is 13.2 Å². The van der Waals surface area contributed by atoms with Gasteiger partial charge in [0.1, 0.15) is 0 Å². The summed E-state index contributed by atoms with van der Waals surface area (Å²) in [6.45, 7) is 2.36. The van der Waals surface area contributed by atoms with Crippen molar-refractivity contribution in [2.45, 2.75) is 45.3 Å². The monoisotopic (exact) mass is 250 g/mol. The van der Waals surface area contributed by atoms with E-state index in [9.17, 15) is 13.2 Å². The van der Waals surface area contributed by atoms with Crippen LogP contribution in [0, 0.1) is 0 Å². The molecule has 1 heterocycles. The van der Waals surface area contributed by atoms with Crippen LogP contribution in [0.1, 0.15) is 37.4 Å². The highest BCUT2D eigenvalue weighted by Crippen LogP contribution is 2.31. The van der Waals surface area contributed by atoms with Gasteiger partial charge < -0.3 is 5.11 Å². The van der Waals surface area contributed by atoms with Gasteiger partial charge in [-0.3, -0.25) is 4.68 Å². The van der Waals surface area contributed by atoms with E-state index in [1.165, 1.54) is 10.9 Å². The zero-order valence-corrected chi connectivity index (χ0v) is 9.80. The van der Waals surface area contributed by atoms with Crippen molar-refractivity contribution in [3.05, 3.63) is 17.5 Å². The third-order valence-corrected chi connectivity index (χ3v) is 2.45. The summed E-state index contributed by atoms with van der Waals surface area (Å²) in [5.41, 5.74) is -0.648. The molecule has 0 saturated carbocycles. The van der Waals surface area contributed by atoms with Crippen LogP contribution in [-0.2, 0) is 19.1 Å². The number of nitrogens with zero attached hydrogens (tertiary/aromatic N) is 2. The average Bonchev–Trinajstić information content (AvgIpc) is 2.66. The van der Waals surface area contributed by atoms with Crippen LogP contribution in [0.5, 0.6) is 0 Å². The molecule has 0 atom stereocenters. The van der Waals surface area contributed by atoms with Gasteiger partial charge in [0.05, 0.1) is 0 Å². The number of halogens is 3. The molecule has 98 valence electrons. The van der Waals surface area contributed by atoms with Gasteiger partial charge in [0.25, 0.3) is 0 Å². The molecule has 0 saturated heterocycles. The summed E-state index contributed by atoms with van der Waals surface area (Å²) in [7, 11) is 0. The van der Waals surface area contributed by atoms with Crippen molar-refractivity contribution < 1.29 is 18.3 Å². The topological polar surface area (TPSA) is 38.0 Å². The van der Waals surface area contributed by atoms with Crippen molar-refractivity contribution >= 4 is 0 Å². The van der Waals surface area contributed by atoms with Gasteiger partial charge in [-0.25, -0.2) is 0 Å². The molecule has 6 heteroatoms. The summed E-state index contributed by atoms with van der Waals surface area (Å²) in [6, 6.07) is 0. The second-order valence-corrected chi connectivity index (χ2v) is 3.94. The maximum atomic E-state index is 12.7. The van der Waals surface area contributed by atoms with Crippen molar-refractivity contribution in [1.29, 1.82) is 0 Å². The molecule has 1 rings (SSSR count). The number of aryl methyl sites for hydroxylation is 2. The molecule has 1 N–H and O–H groups in total. The zero-order chi connectivity index (χ0) is 12.9. The molecule has 17 heavy (non-hydrogen) atoms. The molecule has 0 aromatic carbocycles. The Labute approximate surface area is 98.2 Å². The fraction of sp³-hybridized carbons (Fsp3) is 0.727. The van der Waals surface area contributed by atoms with Crippen molar-refractivity contribution in [2.75, 3.05) is 6.61 Å². The van der Waals surface area contributed by atoms with E-state index in [4.69, 9.17) is 5.11 Å². The number of aromatic nitrogens is 2. The Kier molecular flexibility index (Phi) is 4.99. The molecule has 3 nitrogen and oxygen atoms in total. The van der Waals surface area contributed by atoms with E-state index in [1.807, 2.05) is 6.92 Å². The Morgan fingerprint density at radius 2 is 2.06 bits per heavy atom. The van der Waals surface area contributed by atoms with Gasteiger partial charge in [-0.15, -0.1) is 0 Å². The summed E-state index contributed by atoms with van der Waals surface area (Å²) < 4.78 is 39.4. The predicted molar refractivity (Wildman–Crippen MR) is 57.5 cm³/mol. The van der Waals surface area contributed by atoms with Gasteiger partial charge in [-0.2, -0.15) is 18.3 Å². The van der Waals surface area contributed by atoms with Crippen molar-refractivity contribution in [3.63, 3.8) is 0 Å². The normalized spacial score (nSPS) is 12.1. The van der Waals surface area contributed by atoms with Crippen LogP contribution < -0.4 is 0 Å².